The van der Waals surface area contributed by atoms with Gasteiger partial charge in [-0.3, -0.25) is 4.99 Å². The van der Waals surface area contributed by atoms with Crippen molar-refractivity contribution in [3.63, 3.8) is 0 Å². The first-order valence-corrected chi connectivity index (χ1v) is 7.22. The van der Waals surface area contributed by atoms with Crippen LogP contribution in [0.15, 0.2) is 29.3 Å². The summed E-state index contributed by atoms with van der Waals surface area (Å²) >= 11 is 0. The second kappa shape index (κ2) is 8.49. The standard InChI is InChI=1S/C16H25N3.HI/c1-4-13-5-9-15(10-6-13)12-19(3)16(17-2)18-11-14-7-8-14;/h5-6,9-10,14H,4,7-8,11-12H2,1-3H3,(H,17,18);1H. The summed E-state index contributed by atoms with van der Waals surface area (Å²) in [5, 5.41) is 3.45. The van der Waals surface area contributed by atoms with Gasteiger partial charge < -0.3 is 10.2 Å². The molecule has 0 bridgehead atoms. The average molecular weight is 387 g/mol. The zero-order valence-corrected chi connectivity index (χ0v) is 15.1. The van der Waals surface area contributed by atoms with Gasteiger partial charge in [0.1, 0.15) is 0 Å². The molecule has 0 amide bonds. The van der Waals surface area contributed by atoms with Crippen LogP contribution in [0, 0.1) is 5.92 Å². The fourth-order valence-electron chi connectivity index (χ4n) is 2.17. The summed E-state index contributed by atoms with van der Waals surface area (Å²) < 4.78 is 0. The second-order valence-electron chi connectivity index (χ2n) is 5.40. The van der Waals surface area contributed by atoms with Crippen LogP contribution in [0.5, 0.6) is 0 Å². The molecule has 2 rings (SSSR count). The van der Waals surface area contributed by atoms with Gasteiger partial charge in [0.25, 0.3) is 0 Å². The first-order chi connectivity index (χ1) is 9.22. The van der Waals surface area contributed by atoms with Crippen molar-refractivity contribution in [1.29, 1.82) is 0 Å². The molecule has 0 aliphatic heterocycles. The van der Waals surface area contributed by atoms with E-state index in [2.05, 4.69) is 53.4 Å². The van der Waals surface area contributed by atoms with Crippen molar-refractivity contribution < 1.29 is 0 Å². The second-order valence-corrected chi connectivity index (χ2v) is 5.40. The fourth-order valence-corrected chi connectivity index (χ4v) is 2.17. The highest BCUT2D eigenvalue weighted by Gasteiger charge is 2.21. The Kier molecular flexibility index (Phi) is 7.34. The molecule has 0 atom stereocenters. The number of nitrogens with one attached hydrogen (secondary N) is 1. The van der Waals surface area contributed by atoms with Gasteiger partial charge in [0.15, 0.2) is 5.96 Å². The number of nitrogens with zero attached hydrogens (tertiary/aromatic N) is 2. The van der Waals surface area contributed by atoms with E-state index >= 15 is 0 Å². The Labute approximate surface area is 139 Å². The molecule has 0 heterocycles. The lowest BCUT2D eigenvalue weighted by Crippen LogP contribution is -2.39. The number of rotatable bonds is 5. The summed E-state index contributed by atoms with van der Waals surface area (Å²) in [4.78, 5) is 6.53. The van der Waals surface area contributed by atoms with Crippen molar-refractivity contribution in [3.8, 4) is 0 Å². The van der Waals surface area contributed by atoms with E-state index in [0.717, 1.165) is 31.4 Å². The number of guanidine groups is 1. The number of aliphatic imine (C=N–C) groups is 1. The molecule has 1 saturated carbocycles. The summed E-state index contributed by atoms with van der Waals surface area (Å²) in [6, 6.07) is 8.85. The summed E-state index contributed by atoms with van der Waals surface area (Å²) in [6.07, 6.45) is 3.83. The van der Waals surface area contributed by atoms with E-state index in [4.69, 9.17) is 0 Å². The Hall–Kier alpha value is -0.780. The molecule has 3 nitrogen and oxygen atoms in total. The number of hydrogen-bond acceptors (Lipinski definition) is 1. The minimum Gasteiger partial charge on any atom is -0.356 e. The maximum Gasteiger partial charge on any atom is 0.193 e. The van der Waals surface area contributed by atoms with Crippen molar-refractivity contribution in [2.75, 3.05) is 20.6 Å². The molecule has 112 valence electrons. The lowest BCUT2D eigenvalue weighted by atomic mass is 10.1. The lowest BCUT2D eigenvalue weighted by molar-refractivity contribution is 0.474. The SMILES string of the molecule is CCc1ccc(CN(C)C(=NC)NCC2CC2)cc1.I. The molecule has 4 heteroatoms. The summed E-state index contributed by atoms with van der Waals surface area (Å²) in [5.41, 5.74) is 2.72. The van der Waals surface area contributed by atoms with Gasteiger partial charge in [-0.05, 0) is 36.3 Å². The number of halogens is 1. The molecule has 1 fully saturated rings. The summed E-state index contributed by atoms with van der Waals surface area (Å²) in [7, 11) is 3.95. The van der Waals surface area contributed by atoms with E-state index in [0.29, 0.717) is 0 Å². The highest BCUT2D eigenvalue weighted by atomic mass is 127. The predicted octanol–water partition coefficient (Wildman–Crippen LogP) is 3.28. The Morgan fingerprint density at radius 3 is 2.35 bits per heavy atom. The van der Waals surface area contributed by atoms with Gasteiger partial charge in [-0.25, -0.2) is 0 Å². The van der Waals surface area contributed by atoms with Crippen molar-refractivity contribution >= 4 is 29.9 Å². The number of hydrogen-bond donors (Lipinski definition) is 1. The molecule has 0 spiro atoms. The van der Waals surface area contributed by atoms with E-state index < -0.39 is 0 Å². The first-order valence-electron chi connectivity index (χ1n) is 7.22. The molecule has 0 radical (unpaired) electrons. The zero-order chi connectivity index (χ0) is 13.7. The van der Waals surface area contributed by atoms with Crippen LogP contribution >= 0.6 is 24.0 Å². The molecular weight excluding hydrogens is 361 g/mol. The van der Waals surface area contributed by atoms with Gasteiger partial charge in [0, 0.05) is 27.2 Å². The molecule has 0 unspecified atom stereocenters. The fraction of sp³-hybridized carbons (Fsp3) is 0.562. The highest BCUT2D eigenvalue weighted by Crippen LogP contribution is 2.27. The maximum atomic E-state index is 4.35. The van der Waals surface area contributed by atoms with Crippen LogP contribution in [0.3, 0.4) is 0 Å². The topological polar surface area (TPSA) is 27.6 Å². The molecule has 0 saturated heterocycles. The monoisotopic (exact) mass is 387 g/mol. The maximum absolute atomic E-state index is 4.35. The van der Waals surface area contributed by atoms with Gasteiger partial charge in [0.2, 0.25) is 0 Å². The third-order valence-corrected chi connectivity index (χ3v) is 3.67. The van der Waals surface area contributed by atoms with E-state index in [-0.39, 0.29) is 24.0 Å². The van der Waals surface area contributed by atoms with Crippen molar-refractivity contribution in [2.24, 2.45) is 10.9 Å². The highest BCUT2D eigenvalue weighted by molar-refractivity contribution is 14.0. The van der Waals surface area contributed by atoms with Gasteiger partial charge in [-0.2, -0.15) is 0 Å². The average Bonchev–Trinajstić information content (AvgIpc) is 3.24. The third-order valence-electron chi connectivity index (χ3n) is 3.67. The van der Waals surface area contributed by atoms with Gasteiger partial charge >= 0.3 is 0 Å². The van der Waals surface area contributed by atoms with Crippen molar-refractivity contribution in [3.05, 3.63) is 35.4 Å². The molecule has 0 aromatic heterocycles. The van der Waals surface area contributed by atoms with Crippen molar-refractivity contribution in [1.82, 2.24) is 10.2 Å². The van der Waals surface area contributed by atoms with Crippen LogP contribution in [0.4, 0.5) is 0 Å². The van der Waals surface area contributed by atoms with E-state index in [1.54, 1.807) is 0 Å². The van der Waals surface area contributed by atoms with E-state index in [1.807, 2.05) is 7.05 Å². The van der Waals surface area contributed by atoms with Crippen molar-refractivity contribution in [2.45, 2.75) is 32.7 Å². The van der Waals surface area contributed by atoms with Gasteiger partial charge in [-0.1, -0.05) is 31.2 Å². The van der Waals surface area contributed by atoms with Crippen LogP contribution in [-0.4, -0.2) is 31.5 Å². The molecular formula is C16H26IN3. The van der Waals surface area contributed by atoms with Crippen LogP contribution in [0.2, 0.25) is 0 Å². The number of aryl methyl sites for hydroxylation is 1. The third kappa shape index (κ3) is 5.31. The molecule has 1 aliphatic carbocycles. The van der Waals surface area contributed by atoms with E-state index in [9.17, 15) is 0 Å². The van der Waals surface area contributed by atoms with E-state index in [1.165, 1.54) is 24.0 Å². The lowest BCUT2D eigenvalue weighted by Gasteiger charge is -2.22. The Morgan fingerprint density at radius 2 is 1.85 bits per heavy atom. The Balaban J connectivity index is 0.00000200. The van der Waals surface area contributed by atoms with Crippen LogP contribution in [-0.2, 0) is 13.0 Å². The molecule has 1 aromatic rings. The quantitative estimate of drug-likeness (QED) is 0.477. The molecule has 20 heavy (non-hydrogen) atoms. The molecule has 1 N–H and O–H groups in total. The van der Waals surface area contributed by atoms with Crippen LogP contribution in [0.1, 0.15) is 30.9 Å². The first kappa shape index (κ1) is 17.3. The summed E-state index contributed by atoms with van der Waals surface area (Å²) in [5.74, 6) is 1.86. The van der Waals surface area contributed by atoms with Crippen LogP contribution < -0.4 is 5.32 Å². The molecule has 1 aromatic carbocycles. The van der Waals surface area contributed by atoms with Gasteiger partial charge in [0.05, 0.1) is 0 Å². The smallest absolute Gasteiger partial charge is 0.193 e. The minimum atomic E-state index is 0. The van der Waals surface area contributed by atoms with Crippen LogP contribution in [0.25, 0.3) is 0 Å². The molecule has 1 aliphatic rings. The Morgan fingerprint density at radius 1 is 1.25 bits per heavy atom. The van der Waals surface area contributed by atoms with Gasteiger partial charge in [-0.15, -0.1) is 24.0 Å². The largest absolute Gasteiger partial charge is 0.356 e. The normalized spacial score (nSPS) is 14.7. The number of benzene rings is 1. The zero-order valence-electron chi connectivity index (χ0n) is 12.7. The Bertz CT molecular complexity index is 424. The minimum absolute atomic E-state index is 0. The predicted molar refractivity (Wildman–Crippen MR) is 96.8 cm³/mol. The summed E-state index contributed by atoms with van der Waals surface area (Å²) in [6.45, 7) is 4.14.